The Balaban J connectivity index is 0.000000211. The van der Waals surface area contributed by atoms with Gasteiger partial charge in [-0.1, -0.05) is 0 Å². The summed E-state index contributed by atoms with van der Waals surface area (Å²) in [4.78, 5) is 29.3. The quantitative estimate of drug-likeness (QED) is 0.805. The van der Waals surface area contributed by atoms with Crippen LogP contribution in [-0.4, -0.2) is 35.6 Å². The molecule has 0 aliphatic heterocycles. The van der Waals surface area contributed by atoms with E-state index in [9.17, 15) is 9.59 Å². The van der Waals surface area contributed by atoms with E-state index in [1.807, 2.05) is 0 Å². The number of methoxy groups -OCH3 is 1. The smallest absolute Gasteiger partial charge is 0.339 e. The lowest BCUT2D eigenvalue weighted by molar-refractivity contribution is 0.0524. The lowest BCUT2D eigenvalue weighted by atomic mass is 10.3. The maximum absolute atomic E-state index is 11.0. The third kappa shape index (κ3) is 5.82. The van der Waals surface area contributed by atoms with E-state index in [-0.39, 0.29) is 11.9 Å². The molecule has 0 atom stereocenters. The van der Waals surface area contributed by atoms with Crippen molar-refractivity contribution in [2.75, 3.05) is 13.7 Å². The van der Waals surface area contributed by atoms with Crippen molar-refractivity contribution in [3.63, 3.8) is 0 Å². The summed E-state index contributed by atoms with van der Waals surface area (Å²) in [6.45, 7) is 2.17. The summed E-state index contributed by atoms with van der Waals surface area (Å²) in [5, 5.41) is 0. The molecule has 0 aliphatic rings. The van der Waals surface area contributed by atoms with Gasteiger partial charge < -0.3 is 9.47 Å². The Hall–Kier alpha value is -2.76. The maximum Gasteiger partial charge on any atom is 0.339 e. The van der Waals surface area contributed by atoms with Gasteiger partial charge in [-0.05, 0) is 31.2 Å². The third-order valence-electron chi connectivity index (χ3n) is 2.26. The molecule has 0 aliphatic carbocycles. The molecule has 0 spiro atoms. The molecule has 0 saturated carbocycles. The number of hydrogen-bond acceptors (Lipinski definition) is 6. The molecule has 0 fully saturated rings. The number of pyridine rings is 2. The molecule has 0 radical (unpaired) electrons. The molecule has 0 aromatic carbocycles. The van der Waals surface area contributed by atoms with Gasteiger partial charge in [0.05, 0.1) is 24.8 Å². The van der Waals surface area contributed by atoms with E-state index in [4.69, 9.17) is 4.74 Å². The van der Waals surface area contributed by atoms with Crippen LogP contribution in [0.5, 0.6) is 0 Å². The molecule has 2 aromatic heterocycles. The zero-order valence-corrected chi connectivity index (χ0v) is 11.9. The van der Waals surface area contributed by atoms with Gasteiger partial charge in [0.15, 0.2) is 0 Å². The molecule has 21 heavy (non-hydrogen) atoms. The number of nitrogens with zero attached hydrogens (tertiary/aromatic N) is 2. The minimum Gasteiger partial charge on any atom is -0.465 e. The van der Waals surface area contributed by atoms with E-state index >= 15 is 0 Å². The summed E-state index contributed by atoms with van der Waals surface area (Å²) < 4.78 is 9.21. The first-order valence-corrected chi connectivity index (χ1v) is 6.24. The van der Waals surface area contributed by atoms with Crippen LogP contribution in [0.1, 0.15) is 27.6 Å². The van der Waals surface area contributed by atoms with Crippen molar-refractivity contribution in [2.24, 2.45) is 0 Å². The Kier molecular flexibility index (Phi) is 7.13. The molecule has 0 N–H and O–H groups in total. The zero-order valence-electron chi connectivity index (χ0n) is 11.9. The average Bonchev–Trinajstić information content (AvgIpc) is 2.56. The van der Waals surface area contributed by atoms with Crippen molar-refractivity contribution in [3.8, 4) is 0 Å². The molecule has 0 saturated heterocycles. The van der Waals surface area contributed by atoms with Gasteiger partial charge in [-0.25, -0.2) is 9.59 Å². The topological polar surface area (TPSA) is 78.4 Å². The van der Waals surface area contributed by atoms with Crippen molar-refractivity contribution in [1.82, 2.24) is 9.97 Å². The molecule has 2 heterocycles. The second kappa shape index (κ2) is 9.19. The highest BCUT2D eigenvalue weighted by atomic mass is 16.5. The van der Waals surface area contributed by atoms with Gasteiger partial charge in [0.25, 0.3) is 0 Å². The summed E-state index contributed by atoms with van der Waals surface area (Å²) in [5.41, 5.74) is 0.972. The van der Waals surface area contributed by atoms with Crippen LogP contribution in [0.15, 0.2) is 49.1 Å². The Morgan fingerprint density at radius 3 is 1.90 bits per heavy atom. The van der Waals surface area contributed by atoms with E-state index in [1.165, 1.54) is 19.5 Å². The summed E-state index contributed by atoms with van der Waals surface area (Å²) in [7, 11) is 1.34. The molecule has 6 heteroatoms. The van der Waals surface area contributed by atoms with Crippen LogP contribution in [0, 0.1) is 0 Å². The summed E-state index contributed by atoms with van der Waals surface area (Å²) in [6, 6.07) is 6.71. The van der Waals surface area contributed by atoms with E-state index in [0.717, 1.165) is 0 Å². The van der Waals surface area contributed by atoms with Crippen LogP contribution < -0.4 is 0 Å². The van der Waals surface area contributed by atoms with Gasteiger partial charge in [0.1, 0.15) is 0 Å². The van der Waals surface area contributed by atoms with Crippen molar-refractivity contribution in [1.29, 1.82) is 0 Å². The predicted molar refractivity (Wildman–Crippen MR) is 75.8 cm³/mol. The highest BCUT2D eigenvalue weighted by Crippen LogP contribution is 1.97. The highest BCUT2D eigenvalue weighted by Gasteiger charge is 2.03. The fraction of sp³-hybridized carbons (Fsp3) is 0.200. The number of hydrogen-bond donors (Lipinski definition) is 0. The van der Waals surface area contributed by atoms with Crippen molar-refractivity contribution >= 4 is 11.9 Å². The Labute approximate surface area is 122 Å². The van der Waals surface area contributed by atoms with Gasteiger partial charge in [-0.2, -0.15) is 0 Å². The van der Waals surface area contributed by atoms with Crippen LogP contribution in [0.4, 0.5) is 0 Å². The van der Waals surface area contributed by atoms with Crippen LogP contribution in [0.2, 0.25) is 0 Å². The molecule has 2 rings (SSSR count). The number of esters is 2. The van der Waals surface area contributed by atoms with Crippen molar-refractivity contribution in [3.05, 3.63) is 60.2 Å². The molecule has 110 valence electrons. The van der Waals surface area contributed by atoms with Crippen molar-refractivity contribution in [2.45, 2.75) is 6.92 Å². The van der Waals surface area contributed by atoms with Crippen molar-refractivity contribution < 1.29 is 19.1 Å². The number of carbonyl (C=O) groups excluding carboxylic acids is 2. The van der Waals surface area contributed by atoms with Crippen LogP contribution >= 0.6 is 0 Å². The van der Waals surface area contributed by atoms with Gasteiger partial charge in [-0.15, -0.1) is 0 Å². The predicted octanol–water partition coefficient (Wildman–Crippen LogP) is 2.13. The standard InChI is InChI=1S/C8H9NO2.C7H7NO2/c1-2-11-8(10)7-4-3-5-9-6-7;1-10-7(9)6-3-2-4-8-5-6/h3-6H,2H2,1H3;2-5H,1H3. The Morgan fingerprint density at radius 1 is 1.00 bits per heavy atom. The fourth-order valence-corrected chi connectivity index (χ4v) is 1.30. The summed E-state index contributed by atoms with van der Waals surface area (Å²) >= 11 is 0. The zero-order chi connectivity index (χ0) is 15.5. The van der Waals surface area contributed by atoms with Gasteiger partial charge in [0, 0.05) is 24.8 Å². The van der Waals surface area contributed by atoms with Gasteiger partial charge in [0.2, 0.25) is 0 Å². The second-order valence-corrected chi connectivity index (χ2v) is 3.70. The Bertz CT molecular complexity index is 558. The minimum absolute atomic E-state index is 0.319. The van der Waals surface area contributed by atoms with Crippen LogP contribution in [-0.2, 0) is 9.47 Å². The summed E-state index contributed by atoms with van der Waals surface area (Å²) in [6.07, 6.45) is 6.17. The van der Waals surface area contributed by atoms with Gasteiger partial charge >= 0.3 is 11.9 Å². The van der Waals surface area contributed by atoms with Gasteiger partial charge in [-0.3, -0.25) is 9.97 Å². The second-order valence-electron chi connectivity index (χ2n) is 3.70. The molecular weight excluding hydrogens is 272 g/mol. The van der Waals surface area contributed by atoms with E-state index in [0.29, 0.717) is 17.7 Å². The fourth-order valence-electron chi connectivity index (χ4n) is 1.30. The number of ether oxygens (including phenoxy) is 2. The third-order valence-corrected chi connectivity index (χ3v) is 2.26. The van der Waals surface area contributed by atoms with Crippen LogP contribution in [0.25, 0.3) is 0 Å². The largest absolute Gasteiger partial charge is 0.465 e. The lowest BCUT2D eigenvalue weighted by Gasteiger charge is -1.98. The normalized spacial score (nSPS) is 9.05. The first-order chi connectivity index (χ1) is 10.2. The van der Waals surface area contributed by atoms with E-state index < -0.39 is 0 Å². The van der Waals surface area contributed by atoms with E-state index in [2.05, 4.69) is 14.7 Å². The lowest BCUT2D eigenvalue weighted by Crippen LogP contribution is -2.04. The number of rotatable bonds is 3. The number of aromatic nitrogens is 2. The maximum atomic E-state index is 11.0. The van der Waals surface area contributed by atoms with Crippen LogP contribution in [0.3, 0.4) is 0 Å². The first-order valence-electron chi connectivity index (χ1n) is 6.24. The van der Waals surface area contributed by atoms with E-state index in [1.54, 1.807) is 43.6 Å². The number of carbonyl (C=O) groups is 2. The molecule has 2 aromatic rings. The molecule has 0 unspecified atom stereocenters. The monoisotopic (exact) mass is 288 g/mol. The SMILES string of the molecule is CCOC(=O)c1cccnc1.COC(=O)c1cccnc1. The highest BCUT2D eigenvalue weighted by molar-refractivity contribution is 5.89. The molecule has 0 amide bonds. The Morgan fingerprint density at radius 2 is 1.52 bits per heavy atom. The minimum atomic E-state index is -0.354. The molecule has 0 bridgehead atoms. The first kappa shape index (κ1) is 16.3. The molecular formula is C15H16N2O4. The average molecular weight is 288 g/mol. The molecule has 6 nitrogen and oxygen atoms in total. The summed E-state index contributed by atoms with van der Waals surface area (Å²) in [5.74, 6) is -0.672.